The monoisotopic (exact) mass is 297 g/mol. The van der Waals surface area contributed by atoms with Crippen LogP contribution in [0.1, 0.15) is 44.1 Å². The summed E-state index contributed by atoms with van der Waals surface area (Å²) >= 11 is 0. The molecule has 22 heavy (non-hydrogen) atoms. The molecule has 116 valence electrons. The van der Waals surface area contributed by atoms with Crippen LogP contribution in [0.4, 0.5) is 5.69 Å². The van der Waals surface area contributed by atoms with E-state index in [2.05, 4.69) is 24.0 Å². The first-order valence-corrected chi connectivity index (χ1v) is 8.27. The minimum absolute atomic E-state index is 0.153. The van der Waals surface area contributed by atoms with Crippen molar-refractivity contribution in [2.45, 2.75) is 49.5 Å². The molecule has 1 aromatic rings. The van der Waals surface area contributed by atoms with E-state index >= 15 is 0 Å². The number of benzene rings is 1. The molecule has 4 saturated carbocycles. The average molecular weight is 297 g/mol. The average Bonchev–Trinajstić information content (AvgIpc) is 2.45. The van der Waals surface area contributed by atoms with Gasteiger partial charge in [-0.3, -0.25) is 4.79 Å². The van der Waals surface area contributed by atoms with Gasteiger partial charge in [0.2, 0.25) is 5.91 Å². The van der Waals surface area contributed by atoms with Gasteiger partial charge < -0.3 is 10.4 Å². The highest BCUT2D eigenvalue weighted by atomic mass is 16.3. The topological polar surface area (TPSA) is 49.3 Å². The summed E-state index contributed by atoms with van der Waals surface area (Å²) < 4.78 is 0. The van der Waals surface area contributed by atoms with Gasteiger partial charge >= 0.3 is 0 Å². The van der Waals surface area contributed by atoms with Crippen LogP contribution >= 0.6 is 0 Å². The van der Waals surface area contributed by atoms with Crippen molar-refractivity contribution in [1.82, 2.24) is 0 Å². The van der Waals surface area contributed by atoms with Crippen molar-refractivity contribution >= 4 is 11.6 Å². The Morgan fingerprint density at radius 1 is 1.18 bits per heavy atom. The van der Waals surface area contributed by atoms with Gasteiger partial charge in [0.15, 0.2) is 0 Å². The summed E-state index contributed by atoms with van der Waals surface area (Å²) in [6, 6.07) is 8.21. The summed E-state index contributed by atoms with van der Waals surface area (Å²) in [4.78, 5) is 11.4. The number of nitrogens with one attached hydrogen (secondary N) is 1. The van der Waals surface area contributed by atoms with Crippen LogP contribution in [0.25, 0.3) is 0 Å². The second kappa shape index (κ2) is 4.69. The Hall–Kier alpha value is -1.61. The number of amides is 1. The number of hydrogen-bond donors (Lipinski definition) is 2. The molecule has 3 nitrogen and oxygen atoms in total. The van der Waals surface area contributed by atoms with Gasteiger partial charge in [0.1, 0.15) is 0 Å². The normalized spacial score (nSPS) is 38.8. The zero-order valence-corrected chi connectivity index (χ0v) is 12.8. The molecule has 2 N–H and O–H groups in total. The van der Waals surface area contributed by atoms with Crippen molar-refractivity contribution in [1.29, 1.82) is 0 Å². The third kappa shape index (κ3) is 2.19. The number of rotatable bonds is 3. The Labute approximate surface area is 131 Å². The third-order valence-electron chi connectivity index (χ3n) is 5.98. The van der Waals surface area contributed by atoms with E-state index < -0.39 is 5.60 Å². The Balaban J connectivity index is 1.61. The van der Waals surface area contributed by atoms with Crippen LogP contribution in [-0.2, 0) is 10.2 Å². The van der Waals surface area contributed by atoms with Crippen LogP contribution in [0.2, 0.25) is 0 Å². The van der Waals surface area contributed by atoms with Crippen molar-refractivity contribution in [3.63, 3.8) is 0 Å². The smallest absolute Gasteiger partial charge is 0.247 e. The predicted molar refractivity (Wildman–Crippen MR) is 86.6 cm³/mol. The quantitative estimate of drug-likeness (QED) is 0.840. The number of hydrogen-bond acceptors (Lipinski definition) is 2. The van der Waals surface area contributed by atoms with E-state index in [0.717, 1.165) is 24.9 Å². The maximum atomic E-state index is 11.4. The lowest BCUT2D eigenvalue weighted by Crippen LogP contribution is -2.57. The first-order valence-electron chi connectivity index (χ1n) is 8.27. The van der Waals surface area contributed by atoms with E-state index in [1.54, 1.807) is 0 Å². The molecule has 4 bridgehead atoms. The molecule has 4 fully saturated rings. The molecule has 0 spiro atoms. The summed E-state index contributed by atoms with van der Waals surface area (Å²) in [5, 5.41) is 13.7. The molecule has 0 aliphatic heterocycles. The number of anilines is 1. The first-order chi connectivity index (χ1) is 10.5. The summed E-state index contributed by atoms with van der Waals surface area (Å²) in [6.07, 6.45) is 7.91. The minimum Gasteiger partial charge on any atom is -0.390 e. The lowest BCUT2D eigenvalue weighted by Gasteiger charge is -2.60. The van der Waals surface area contributed by atoms with E-state index in [1.165, 1.54) is 30.9 Å². The molecule has 5 rings (SSSR count). The standard InChI is InChI=1S/C19H23NO2/c1-2-17(21)20-16-5-3-15(4-6-16)18-8-13-7-14(9-18)11-19(22,10-13)12-18/h2-6,13-14,22H,1,7-12H2,(H,20,21). The number of carbonyl (C=O) groups excluding carboxylic acids is 1. The molecule has 3 heteroatoms. The molecular weight excluding hydrogens is 274 g/mol. The third-order valence-corrected chi connectivity index (χ3v) is 5.98. The summed E-state index contributed by atoms with van der Waals surface area (Å²) in [5.41, 5.74) is 1.85. The van der Waals surface area contributed by atoms with Gasteiger partial charge in [-0.25, -0.2) is 0 Å². The van der Waals surface area contributed by atoms with E-state index in [-0.39, 0.29) is 11.3 Å². The molecule has 0 aromatic heterocycles. The molecule has 1 aromatic carbocycles. The van der Waals surface area contributed by atoms with Crippen LogP contribution in [0.15, 0.2) is 36.9 Å². The molecule has 2 unspecified atom stereocenters. The second-order valence-electron chi connectivity index (χ2n) is 7.74. The predicted octanol–water partition coefficient (Wildman–Crippen LogP) is 3.39. The summed E-state index contributed by atoms with van der Waals surface area (Å²) in [5.74, 6) is 1.19. The molecular formula is C19H23NO2. The summed E-state index contributed by atoms with van der Waals surface area (Å²) in [6.45, 7) is 3.47. The van der Waals surface area contributed by atoms with Crippen LogP contribution in [-0.4, -0.2) is 16.6 Å². The van der Waals surface area contributed by atoms with E-state index in [9.17, 15) is 9.90 Å². The van der Waals surface area contributed by atoms with Gasteiger partial charge in [-0.1, -0.05) is 18.7 Å². The molecule has 4 aliphatic carbocycles. The van der Waals surface area contributed by atoms with Gasteiger partial charge in [0.25, 0.3) is 0 Å². The maximum Gasteiger partial charge on any atom is 0.247 e. The van der Waals surface area contributed by atoms with E-state index in [4.69, 9.17) is 0 Å². The maximum absolute atomic E-state index is 11.4. The van der Waals surface area contributed by atoms with Crippen molar-refractivity contribution < 1.29 is 9.90 Å². The minimum atomic E-state index is -0.431. The van der Waals surface area contributed by atoms with Crippen LogP contribution in [0, 0.1) is 11.8 Å². The Morgan fingerprint density at radius 2 is 1.82 bits per heavy atom. The largest absolute Gasteiger partial charge is 0.390 e. The van der Waals surface area contributed by atoms with Crippen molar-refractivity contribution in [3.8, 4) is 0 Å². The lowest BCUT2D eigenvalue weighted by atomic mass is 9.46. The van der Waals surface area contributed by atoms with Gasteiger partial charge in [0.05, 0.1) is 5.60 Å². The molecule has 0 saturated heterocycles. The second-order valence-corrected chi connectivity index (χ2v) is 7.74. The van der Waals surface area contributed by atoms with Crippen molar-refractivity contribution in [2.75, 3.05) is 5.32 Å². The first kappa shape index (κ1) is 14.0. The van der Waals surface area contributed by atoms with Crippen LogP contribution in [0.3, 0.4) is 0 Å². The fraction of sp³-hybridized carbons (Fsp3) is 0.526. The number of aliphatic hydroxyl groups is 1. The Kier molecular flexibility index (Phi) is 2.99. The highest BCUT2D eigenvalue weighted by Crippen LogP contribution is 2.62. The molecule has 2 atom stereocenters. The highest BCUT2D eigenvalue weighted by molar-refractivity contribution is 5.98. The highest BCUT2D eigenvalue weighted by Gasteiger charge is 2.57. The van der Waals surface area contributed by atoms with Crippen molar-refractivity contribution in [2.24, 2.45) is 11.8 Å². The molecule has 0 radical (unpaired) electrons. The SMILES string of the molecule is C=CC(=O)Nc1ccc(C23CC4CC(CC(O)(C4)C2)C3)cc1. The van der Waals surface area contributed by atoms with Crippen molar-refractivity contribution in [3.05, 3.63) is 42.5 Å². The van der Waals surface area contributed by atoms with Gasteiger partial charge in [0, 0.05) is 5.69 Å². The molecule has 4 aliphatic rings. The number of carbonyl (C=O) groups is 1. The molecule has 1 amide bonds. The zero-order chi connectivity index (χ0) is 15.4. The molecule has 0 heterocycles. The Bertz CT molecular complexity index is 605. The lowest BCUT2D eigenvalue weighted by molar-refractivity contribution is -0.137. The van der Waals surface area contributed by atoms with Gasteiger partial charge in [-0.15, -0.1) is 0 Å². The Morgan fingerprint density at radius 3 is 2.36 bits per heavy atom. The fourth-order valence-corrected chi connectivity index (χ4v) is 5.65. The zero-order valence-electron chi connectivity index (χ0n) is 12.8. The van der Waals surface area contributed by atoms with E-state index in [1.807, 2.05) is 12.1 Å². The summed E-state index contributed by atoms with van der Waals surface area (Å²) in [7, 11) is 0. The van der Waals surface area contributed by atoms with Crippen LogP contribution < -0.4 is 5.32 Å². The fourth-order valence-electron chi connectivity index (χ4n) is 5.65. The van der Waals surface area contributed by atoms with Gasteiger partial charge in [-0.2, -0.15) is 0 Å². The van der Waals surface area contributed by atoms with Gasteiger partial charge in [-0.05, 0) is 79.5 Å². The van der Waals surface area contributed by atoms with E-state index in [0.29, 0.717) is 11.8 Å². The van der Waals surface area contributed by atoms with Crippen LogP contribution in [0.5, 0.6) is 0 Å².